The van der Waals surface area contributed by atoms with Gasteiger partial charge in [-0.25, -0.2) is 12.7 Å². The smallest absolute Gasteiger partial charge is 0.287 e. The van der Waals surface area contributed by atoms with E-state index in [1.54, 1.807) is 0 Å². The maximum absolute atomic E-state index is 12.3. The predicted octanol–water partition coefficient (Wildman–Crippen LogP) is 1.12. The summed E-state index contributed by atoms with van der Waals surface area (Å²) in [7, 11) is -0.751. The van der Waals surface area contributed by atoms with E-state index >= 15 is 0 Å². The molecule has 1 saturated carbocycles. The van der Waals surface area contributed by atoms with Crippen molar-refractivity contribution >= 4 is 28.3 Å². The first-order chi connectivity index (χ1) is 10.3. The summed E-state index contributed by atoms with van der Waals surface area (Å²) >= 11 is 0. The number of carbonyl (C=O) groups excluding carboxylic acids is 1. The van der Waals surface area contributed by atoms with Crippen molar-refractivity contribution in [2.24, 2.45) is 11.7 Å². The van der Waals surface area contributed by atoms with Gasteiger partial charge in [-0.1, -0.05) is 6.42 Å². The molecule has 1 aliphatic carbocycles. The van der Waals surface area contributed by atoms with Gasteiger partial charge in [-0.05, 0) is 32.2 Å². The first kappa shape index (κ1) is 20.0. The Balaban J connectivity index is 0.00000264. The lowest BCUT2D eigenvalue weighted by Gasteiger charge is -2.18. The highest BCUT2D eigenvalue weighted by molar-refractivity contribution is 7.89. The SMILES string of the molecule is Cc1oc(C(=O)NC2CCCC2CN)cc1S(=O)(=O)N(C)C.Cl. The van der Waals surface area contributed by atoms with Crippen LogP contribution >= 0.6 is 12.4 Å². The van der Waals surface area contributed by atoms with Crippen LogP contribution in [0, 0.1) is 12.8 Å². The lowest BCUT2D eigenvalue weighted by atomic mass is 10.0. The number of halogens is 1. The molecule has 9 heteroatoms. The van der Waals surface area contributed by atoms with E-state index in [1.165, 1.54) is 27.1 Å². The Morgan fingerprint density at radius 3 is 2.65 bits per heavy atom. The van der Waals surface area contributed by atoms with Crippen LogP contribution in [0.3, 0.4) is 0 Å². The Kier molecular flexibility index (Phi) is 6.64. The van der Waals surface area contributed by atoms with Gasteiger partial charge in [0, 0.05) is 26.2 Å². The highest BCUT2D eigenvalue weighted by Gasteiger charge is 2.30. The van der Waals surface area contributed by atoms with Crippen LogP contribution in [0.15, 0.2) is 15.4 Å². The van der Waals surface area contributed by atoms with E-state index in [1.807, 2.05) is 0 Å². The Hall–Kier alpha value is -1.09. The van der Waals surface area contributed by atoms with Crippen molar-refractivity contribution in [3.63, 3.8) is 0 Å². The number of amides is 1. The van der Waals surface area contributed by atoms with Crippen LogP contribution < -0.4 is 11.1 Å². The largest absolute Gasteiger partial charge is 0.455 e. The minimum absolute atomic E-state index is 0. The minimum atomic E-state index is -3.62. The molecule has 2 atom stereocenters. The Morgan fingerprint density at radius 2 is 2.09 bits per heavy atom. The quantitative estimate of drug-likeness (QED) is 0.813. The fourth-order valence-corrected chi connectivity index (χ4v) is 3.83. The third-order valence-corrected chi connectivity index (χ3v) is 6.06. The number of nitrogens with two attached hydrogens (primary N) is 1. The third kappa shape index (κ3) is 4.06. The average molecular weight is 366 g/mol. The first-order valence-corrected chi connectivity index (χ1v) is 8.75. The Morgan fingerprint density at radius 1 is 1.43 bits per heavy atom. The van der Waals surface area contributed by atoms with E-state index < -0.39 is 15.9 Å². The molecule has 1 aromatic heterocycles. The highest BCUT2D eigenvalue weighted by Crippen LogP contribution is 2.26. The molecule has 1 heterocycles. The maximum Gasteiger partial charge on any atom is 0.287 e. The van der Waals surface area contributed by atoms with E-state index in [0.29, 0.717) is 6.54 Å². The molecule has 2 unspecified atom stereocenters. The number of hydrogen-bond acceptors (Lipinski definition) is 5. The van der Waals surface area contributed by atoms with Gasteiger partial charge in [-0.3, -0.25) is 4.79 Å². The van der Waals surface area contributed by atoms with Gasteiger partial charge in [0.25, 0.3) is 5.91 Å². The van der Waals surface area contributed by atoms with Crippen molar-refractivity contribution in [1.82, 2.24) is 9.62 Å². The molecular weight excluding hydrogens is 342 g/mol. The molecule has 23 heavy (non-hydrogen) atoms. The van der Waals surface area contributed by atoms with Crippen LogP contribution in [0.2, 0.25) is 0 Å². The zero-order valence-electron chi connectivity index (χ0n) is 13.5. The average Bonchev–Trinajstić information content (AvgIpc) is 3.04. The molecule has 7 nitrogen and oxygen atoms in total. The molecule has 0 aliphatic heterocycles. The van der Waals surface area contributed by atoms with Gasteiger partial charge in [0.1, 0.15) is 10.7 Å². The minimum Gasteiger partial charge on any atom is -0.455 e. The van der Waals surface area contributed by atoms with Gasteiger partial charge >= 0.3 is 0 Å². The zero-order valence-corrected chi connectivity index (χ0v) is 15.2. The van der Waals surface area contributed by atoms with Gasteiger partial charge in [0.05, 0.1) is 0 Å². The summed E-state index contributed by atoms with van der Waals surface area (Å²) in [5.74, 6) is 0.0971. The molecule has 0 bridgehead atoms. The summed E-state index contributed by atoms with van der Waals surface area (Å²) in [4.78, 5) is 12.3. The highest BCUT2D eigenvalue weighted by atomic mass is 35.5. The van der Waals surface area contributed by atoms with Crippen LogP contribution in [0.25, 0.3) is 0 Å². The van der Waals surface area contributed by atoms with E-state index in [0.717, 1.165) is 23.6 Å². The third-order valence-electron chi connectivity index (χ3n) is 4.13. The predicted molar refractivity (Wildman–Crippen MR) is 89.2 cm³/mol. The van der Waals surface area contributed by atoms with E-state index in [4.69, 9.17) is 10.2 Å². The molecule has 2 rings (SSSR count). The van der Waals surface area contributed by atoms with Crippen LogP contribution in [0.4, 0.5) is 0 Å². The summed E-state index contributed by atoms with van der Waals surface area (Å²) in [5.41, 5.74) is 5.70. The lowest BCUT2D eigenvalue weighted by molar-refractivity contribution is 0.0899. The summed E-state index contributed by atoms with van der Waals surface area (Å²) in [5, 5.41) is 2.90. The number of carbonyl (C=O) groups is 1. The first-order valence-electron chi connectivity index (χ1n) is 7.31. The number of hydrogen-bond donors (Lipinski definition) is 2. The van der Waals surface area contributed by atoms with Crippen molar-refractivity contribution in [1.29, 1.82) is 0 Å². The zero-order chi connectivity index (χ0) is 16.5. The number of nitrogens with one attached hydrogen (secondary N) is 1. The number of rotatable bonds is 5. The van der Waals surface area contributed by atoms with Crippen molar-refractivity contribution in [3.8, 4) is 0 Å². The Bertz CT molecular complexity index is 657. The molecule has 0 spiro atoms. The fraction of sp³-hybridized carbons (Fsp3) is 0.643. The maximum atomic E-state index is 12.3. The topological polar surface area (TPSA) is 106 Å². The van der Waals surface area contributed by atoms with Gasteiger partial charge in [-0.2, -0.15) is 0 Å². The summed E-state index contributed by atoms with van der Waals surface area (Å²) < 4.78 is 30.7. The molecule has 1 aliphatic rings. The Labute approximate surface area is 143 Å². The van der Waals surface area contributed by atoms with Crippen LogP contribution in [0.5, 0.6) is 0 Å². The van der Waals surface area contributed by atoms with Crippen molar-refractivity contribution in [2.75, 3.05) is 20.6 Å². The van der Waals surface area contributed by atoms with E-state index in [2.05, 4.69) is 5.32 Å². The monoisotopic (exact) mass is 365 g/mol. The molecule has 1 amide bonds. The molecule has 0 aromatic carbocycles. The van der Waals surface area contributed by atoms with Crippen molar-refractivity contribution in [3.05, 3.63) is 17.6 Å². The van der Waals surface area contributed by atoms with Gasteiger partial charge in [0.15, 0.2) is 5.76 Å². The molecule has 0 saturated heterocycles. The van der Waals surface area contributed by atoms with Crippen LogP contribution in [-0.2, 0) is 10.0 Å². The standard InChI is InChI=1S/C14H23N3O4S.ClH/c1-9-13(22(19,20)17(2)3)7-12(21-9)14(18)16-11-6-4-5-10(11)8-15;/h7,10-11H,4-6,8,15H2,1-3H3,(H,16,18);1H. The molecule has 132 valence electrons. The molecule has 1 fully saturated rings. The van der Waals surface area contributed by atoms with Crippen LogP contribution in [-0.4, -0.2) is 45.3 Å². The summed E-state index contributed by atoms with van der Waals surface area (Å²) in [6, 6.07) is 1.31. The number of aryl methyl sites for hydroxylation is 1. The summed E-state index contributed by atoms with van der Waals surface area (Å²) in [6.07, 6.45) is 2.92. The normalized spacial score (nSPS) is 21.3. The molecule has 1 aromatic rings. The van der Waals surface area contributed by atoms with Gasteiger partial charge in [-0.15, -0.1) is 12.4 Å². The second-order valence-corrected chi connectivity index (χ2v) is 7.95. The van der Waals surface area contributed by atoms with Crippen molar-refractivity contribution in [2.45, 2.75) is 37.1 Å². The van der Waals surface area contributed by atoms with Gasteiger partial charge in [0.2, 0.25) is 10.0 Å². The summed E-state index contributed by atoms with van der Waals surface area (Å²) in [6.45, 7) is 2.06. The number of nitrogens with zero attached hydrogens (tertiary/aromatic N) is 1. The number of furan rings is 1. The second-order valence-electron chi connectivity index (χ2n) is 5.83. The van der Waals surface area contributed by atoms with E-state index in [-0.39, 0.29) is 40.8 Å². The van der Waals surface area contributed by atoms with Crippen molar-refractivity contribution < 1.29 is 17.6 Å². The van der Waals surface area contributed by atoms with E-state index in [9.17, 15) is 13.2 Å². The van der Waals surface area contributed by atoms with Gasteiger partial charge < -0.3 is 15.5 Å². The lowest BCUT2D eigenvalue weighted by Crippen LogP contribution is -2.39. The molecule has 3 N–H and O–H groups in total. The number of sulfonamides is 1. The fourth-order valence-electron chi connectivity index (χ4n) is 2.78. The molecular formula is C14H24ClN3O4S. The van der Waals surface area contributed by atoms with Crippen LogP contribution in [0.1, 0.15) is 35.6 Å². The second kappa shape index (κ2) is 7.65. The molecule has 0 radical (unpaired) electrons.